The number of aliphatic hydroxyl groups is 1. The summed E-state index contributed by atoms with van der Waals surface area (Å²) in [7, 11) is 1.94. The third kappa shape index (κ3) is 3.38. The van der Waals surface area contributed by atoms with Gasteiger partial charge in [-0.2, -0.15) is 5.10 Å². The lowest BCUT2D eigenvalue weighted by atomic mass is 9.99. The summed E-state index contributed by atoms with van der Waals surface area (Å²) in [4.78, 5) is 0. The van der Waals surface area contributed by atoms with Crippen molar-refractivity contribution in [2.75, 3.05) is 19.6 Å². The monoisotopic (exact) mass is 300 g/mol. The number of hydrogen-bond acceptors (Lipinski definition) is 4. The third-order valence-electron chi connectivity index (χ3n) is 4.31. The second kappa shape index (κ2) is 6.60. The van der Waals surface area contributed by atoms with Gasteiger partial charge in [-0.3, -0.25) is 4.68 Å². The van der Waals surface area contributed by atoms with Crippen LogP contribution < -0.4 is 10.6 Å². The predicted molar refractivity (Wildman–Crippen MR) is 87.5 cm³/mol. The standard InChI is InChI=1S/C17H24N4O/c1-12-3-4-13(6-18-7-14-8-19-10-17(14)22)16(5-12)15-9-20-21(2)11-15/h3-5,9,11,14,17-19,22H,6-8,10H2,1-2H3. The van der Waals surface area contributed by atoms with Crippen molar-refractivity contribution in [1.29, 1.82) is 0 Å². The van der Waals surface area contributed by atoms with E-state index >= 15 is 0 Å². The van der Waals surface area contributed by atoms with Gasteiger partial charge in [0.1, 0.15) is 0 Å². The summed E-state index contributed by atoms with van der Waals surface area (Å²) >= 11 is 0. The number of aromatic nitrogens is 2. The Morgan fingerprint density at radius 1 is 1.41 bits per heavy atom. The van der Waals surface area contributed by atoms with E-state index < -0.39 is 0 Å². The first kappa shape index (κ1) is 15.2. The number of nitrogens with one attached hydrogen (secondary N) is 2. The Morgan fingerprint density at radius 2 is 2.27 bits per heavy atom. The first-order valence-electron chi connectivity index (χ1n) is 7.81. The van der Waals surface area contributed by atoms with Gasteiger partial charge >= 0.3 is 0 Å². The molecule has 3 rings (SSSR count). The SMILES string of the molecule is Cc1ccc(CNCC2CNCC2O)c(-c2cnn(C)c2)c1. The van der Waals surface area contributed by atoms with Crippen molar-refractivity contribution in [3.63, 3.8) is 0 Å². The molecule has 0 spiro atoms. The molecule has 1 aromatic carbocycles. The van der Waals surface area contributed by atoms with Crippen LogP contribution in [-0.2, 0) is 13.6 Å². The van der Waals surface area contributed by atoms with Crippen LogP contribution in [0.4, 0.5) is 0 Å². The second-order valence-corrected chi connectivity index (χ2v) is 6.18. The van der Waals surface area contributed by atoms with E-state index in [9.17, 15) is 5.11 Å². The zero-order valence-electron chi connectivity index (χ0n) is 13.2. The number of β-amino-alcohol motifs (C(OH)–C–C–N with tert-alkyl or cyclic N) is 1. The Bertz CT molecular complexity index is 637. The molecule has 2 heterocycles. The van der Waals surface area contributed by atoms with Crippen molar-refractivity contribution in [2.45, 2.75) is 19.6 Å². The van der Waals surface area contributed by atoms with Crippen molar-refractivity contribution in [1.82, 2.24) is 20.4 Å². The summed E-state index contributed by atoms with van der Waals surface area (Å²) in [6, 6.07) is 6.52. The molecule has 1 fully saturated rings. The fourth-order valence-corrected chi connectivity index (χ4v) is 2.99. The quantitative estimate of drug-likeness (QED) is 0.773. The smallest absolute Gasteiger partial charge is 0.0716 e. The fraction of sp³-hybridized carbons (Fsp3) is 0.471. The number of aliphatic hydroxyl groups excluding tert-OH is 1. The summed E-state index contributed by atoms with van der Waals surface area (Å²) in [5.41, 5.74) is 4.88. The van der Waals surface area contributed by atoms with Crippen LogP contribution in [-0.4, -0.2) is 40.6 Å². The Balaban J connectivity index is 1.70. The molecule has 1 saturated heterocycles. The zero-order valence-corrected chi connectivity index (χ0v) is 13.2. The van der Waals surface area contributed by atoms with E-state index in [-0.39, 0.29) is 6.10 Å². The van der Waals surface area contributed by atoms with Crippen LogP contribution in [0.2, 0.25) is 0 Å². The molecule has 1 aliphatic rings. The molecular formula is C17H24N4O. The first-order valence-corrected chi connectivity index (χ1v) is 7.81. The summed E-state index contributed by atoms with van der Waals surface area (Å²) < 4.78 is 1.83. The van der Waals surface area contributed by atoms with Gasteiger partial charge < -0.3 is 15.7 Å². The number of rotatable bonds is 5. The summed E-state index contributed by atoms with van der Waals surface area (Å²) in [6.45, 7) is 5.33. The average Bonchev–Trinajstić information content (AvgIpc) is 3.10. The molecule has 2 aromatic rings. The minimum Gasteiger partial charge on any atom is -0.391 e. The van der Waals surface area contributed by atoms with Crippen molar-refractivity contribution >= 4 is 0 Å². The van der Waals surface area contributed by atoms with Gasteiger partial charge in [0.15, 0.2) is 0 Å². The maximum atomic E-state index is 9.84. The lowest BCUT2D eigenvalue weighted by Gasteiger charge is -2.15. The lowest BCUT2D eigenvalue weighted by Crippen LogP contribution is -2.30. The zero-order chi connectivity index (χ0) is 15.5. The molecule has 3 N–H and O–H groups in total. The van der Waals surface area contributed by atoms with Crippen LogP contribution in [0.5, 0.6) is 0 Å². The summed E-state index contributed by atoms with van der Waals surface area (Å²) in [5, 5.41) is 20.8. The molecule has 2 atom stereocenters. The van der Waals surface area contributed by atoms with Gasteiger partial charge in [-0.15, -0.1) is 0 Å². The number of nitrogens with zero attached hydrogens (tertiary/aromatic N) is 2. The third-order valence-corrected chi connectivity index (χ3v) is 4.31. The molecule has 1 aliphatic heterocycles. The topological polar surface area (TPSA) is 62.1 Å². The minimum absolute atomic E-state index is 0.233. The molecule has 0 aliphatic carbocycles. The molecule has 0 amide bonds. The van der Waals surface area contributed by atoms with E-state index in [0.29, 0.717) is 12.5 Å². The summed E-state index contributed by atoms with van der Waals surface area (Å²) in [5.74, 6) is 0.298. The molecule has 1 aromatic heterocycles. The molecular weight excluding hydrogens is 276 g/mol. The van der Waals surface area contributed by atoms with Crippen LogP contribution >= 0.6 is 0 Å². The van der Waals surface area contributed by atoms with E-state index in [0.717, 1.165) is 25.2 Å². The van der Waals surface area contributed by atoms with Gasteiger partial charge in [-0.05, 0) is 18.1 Å². The Kier molecular flexibility index (Phi) is 4.57. The van der Waals surface area contributed by atoms with E-state index in [4.69, 9.17) is 0 Å². The maximum Gasteiger partial charge on any atom is 0.0716 e. The predicted octanol–water partition coefficient (Wildman–Crippen LogP) is 1.07. The Hall–Kier alpha value is -1.69. The molecule has 2 unspecified atom stereocenters. The Labute approximate surface area is 131 Å². The average molecular weight is 300 g/mol. The normalized spacial score (nSPS) is 21.4. The van der Waals surface area contributed by atoms with E-state index in [2.05, 4.69) is 40.9 Å². The van der Waals surface area contributed by atoms with Crippen molar-refractivity contribution in [3.05, 3.63) is 41.7 Å². The van der Waals surface area contributed by atoms with Crippen molar-refractivity contribution in [3.8, 4) is 11.1 Å². The lowest BCUT2D eigenvalue weighted by molar-refractivity contribution is 0.146. The molecule has 0 bridgehead atoms. The molecule has 0 saturated carbocycles. The van der Waals surface area contributed by atoms with Gasteiger partial charge in [0.2, 0.25) is 0 Å². The van der Waals surface area contributed by atoms with Crippen LogP contribution in [0.1, 0.15) is 11.1 Å². The van der Waals surface area contributed by atoms with Crippen LogP contribution in [0.3, 0.4) is 0 Å². The van der Waals surface area contributed by atoms with Crippen LogP contribution in [0, 0.1) is 12.8 Å². The highest BCUT2D eigenvalue weighted by atomic mass is 16.3. The van der Waals surface area contributed by atoms with Gasteiger partial charge in [0, 0.05) is 50.9 Å². The number of aryl methyl sites for hydroxylation is 2. The van der Waals surface area contributed by atoms with Crippen molar-refractivity contribution in [2.24, 2.45) is 13.0 Å². The first-order chi connectivity index (χ1) is 10.6. The molecule has 118 valence electrons. The number of benzene rings is 1. The highest BCUT2D eigenvalue weighted by molar-refractivity contribution is 5.66. The van der Waals surface area contributed by atoms with Crippen LogP contribution in [0.25, 0.3) is 11.1 Å². The van der Waals surface area contributed by atoms with Gasteiger partial charge in [0.05, 0.1) is 12.3 Å². The molecule has 0 radical (unpaired) electrons. The number of hydrogen-bond donors (Lipinski definition) is 3. The minimum atomic E-state index is -0.233. The fourth-order valence-electron chi connectivity index (χ4n) is 2.99. The van der Waals surface area contributed by atoms with Gasteiger partial charge in [0.25, 0.3) is 0 Å². The molecule has 5 heteroatoms. The highest BCUT2D eigenvalue weighted by Crippen LogP contribution is 2.24. The van der Waals surface area contributed by atoms with Crippen molar-refractivity contribution < 1.29 is 5.11 Å². The van der Waals surface area contributed by atoms with E-state index in [1.165, 1.54) is 16.7 Å². The van der Waals surface area contributed by atoms with Gasteiger partial charge in [-0.25, -0.2) is 0 Å². The maximum absolute atomic E-state index is 9.84. The van der Waals surface area contributed by atoms with Crippen LogP contribution in [0.15, 0.2) is 30.6 Å². The van der Waals surface area contributed by atoms with Gasteiger partial charge in [-0.1, -0.05) is 23.8 Å². The van der Waals surface area contributed by atoms with E-state index in [1.54, 1.807) is 0 Å². The highest BCUT2D eigenvalue weighted by Gasteiger charge is 2.24. The molecule has 22 heavy (non-hydrogen) atoms. The second-order valence-electron chi connectivity index (χ2n) is 6.18. The summed E-state index contributed by atoms with van der Waals surface area (Å²) in [6.07, 6.45) is 3.72. The Morgan fingerprint density at radius 3 is 2.95 bits per heavy atom. The molecule has 5 nitrogen and oxygen atoms in total. The largest absolute Gasteiger partial charge is 0.391 e. The van der Waals surface area contributed by atoms with E-state index in [1.807, 2.05) is 24.1 Å².